The molecule has 0 saturated heterocycles. The highest BCUT2D eigenvalue weighted by Crippen LogP contribution is 2.34. The summed E-state index contributed by atoms with van der Waals surface area (Å²) >= 11 is 15.9. The van der Waals surface area contributed by atoms with E-state index in [1.807, 2.05) is 0 Å². The third kappa shape index (κ3) is 4.43. The maximum Gasteiger partial charge on any atom is 0.0332 e. The Morgan fingerprint density at radius 1 is 1.00 bits per heavy atom. The lowest BCUT2D eigenvalue weighted by atomic mass is 9.79. The van der Waals surface area contributed by atoms with Crippen molar-refractivity contribution in [1.29, 1.82) is 0 Å². The molecule has 0 aromatic heterocycles. The van der Waals surface area contributed by atoms with Crippen molar-refractivity contribution in [2.75, 3.05) is 11.8 Å². The van der Waals surface area contributed by atoms with Crippen molar-refractivity contribution in [2.24, 2.45) is 0 Å². The van der Waals surface area contributed by atoms with E-state index in [2.05, 4.69) is 47.1 Å². The first kappa shape index (κ1) is 16.3. The second kappa shape index (κ2) is 8.45. The molecule has 0 bridgehead atoms. The molecule has 0 fully saturated rings. The SMILES string of the molecule is CCCCCCC(CCl)(CCl)c1ccc(Br)cc1. The van der Waals surface area contributed by atoms with Crippen LogP contribution < -0.4 is 0 Å². The molecule has 1 rings (SSSR count). The van der Waals surface area contributed by atoms with Crippen LogP contribution in [0.4, 0.5) is 0 Å². The van der Waals surface area contributed by atoms with Crippen molar-refractivity contribution in [1.82, 2.24) is 0 Å². The summed E-state index contributed by atoms with van der Waals surface area (Å²) in [6.45, 7) is 2.23. The number of hydrogen-bond acceptors (Lipinski definition) is 0. The fourth-order valence-electron chi connectivity index (χ4n) is 2.16. The molecule has 0 saturated carbocycles. The van der Waals surface area contributed by atoms with Crippen molar-refractivity contribution in [3.63, 3.8) is 0 Å². The summed E-state index contributed by atoms with van der Waals surface area (Å²) in [5, 5.41) is 0. The largest absolute Gasteiger partial charge is 0.126 e. The molecule has 0 aliphatic rings. The van der Waals surface area contributed by atoms with Crippen LogP contribution >= 0.6 is 39.1 Å². The number of unbranched alkanes of at least 4 members (excludes halogenated alkanes) is 3. The predicted molar refractivity (Wildman–Crippen MR) is 86.0 cm³/mol. The molecular weight excluding hydrogens is 331 g/mol. The summed E-state index contributed by atoms with van der Waals surface area (Å²) in [7, 11) is 0. The molecule has 3 heteroatoms. The Kier molecular flexibility index (Phi) is 7.67. The fourth-order valence-corrected chi connectivity index (χ4v) is 3.29. The molecule has 102 valence electrons. The van der Waals surface area contributed by atoms with Crippen LogP contribution in [0.5, 0.6) is 0 Å². The van der Waals surface area contributed by atoms with E-state index >= 15 is 0 Å². The van der Waals surface area contributed by atoms with Gasteiger partial charge < -0.3 is 0 Å². The predicted octanol–water partition coefficient (Wildman–Crippen LogP) is 6.13. The van der Waals surface area contributed by atoms with Gasteiger partial charge in [0.05, 0.1) is 0 Å². The maximum absolute atomic E-state index is 6.22. The lowest BCUT2D eigenvalue weighted by molar-refractivity contribution is 0.456. The maximum atomic E-state index is 6.22. The van der Waals surface area contributed by atoms with E-state index in [1.165, 1.54) is 31.2 Å². The molecule has 1 aromatic carbocycles. The van der Waals surface area contributed by atoms with Crippen molar-refractivity contribution in [3.05, 3.63) is 34.3 Å². The molecule has 1 aromatic rings. The normalized spacial score (nSPS) is 11.8. The van der Waals surface area contributed by atoms with Crippen LogP contribution in [0.25, 0.3) is 0 Å². The lowest BCUT2D eigenvalue weighted by Gasteiger charge is -2.30. The summed E-state index contributed by atoms with van der Waals surface area (Å²) in [4.78, 5) is 0. The van der Waals surface area contributed by atoms with Gasteiger partial charge in [0.2, 0.25) is 0 Å². The lowest BCUT2D eigenvalue weighted by Crippen LogP contribution is -2.30. The molecule has 0 aliphatic carbocycles. The summed E-state index contributed by atoms with van der Waals surface area (Å²) in [6.07, 6.45) is 6.08. The van der Waals surface area contributed by atoms with Gasteiger partial charge in [-0.15, -0.1) is 23.2 Å². The van der Waals surface area contributed by atoms with Gasteiger partial charge in [0.1, 0.15) is 0 Å². The average molecular weight is 352 g/mol. The summed E-state index contributed by atoms with van der Waals surface area (Å²) in [5.74, 6) is 1.18. The van der Waals surface area contributed by atoms with Crippen LogP contribution in [0.15, 0.2) is 28.7 Å². The van der Waals surface area contributed by atoms with E-state index in [0.29, 0.717) is 11.8 Å². The van der Waals surface area contributed by atoms with Crippen molar-refractivity contribution in [3.8, 4) is 0 Å². The van der Waals surface area contributed by atoms with Gasteiger partial charge in [-0.3, -0.25) is 0 Å². The van der Waals surface area contributed by atoms with Crippen LogP contribution in [0, 0.1) is 0 Å². The van der Waals surface area contributed by atoms with E-state index in [0.717, 1.165) is 10.9 Å². The number of halogens is 3. The first-order valence-corrected chi connectivity index (χ1v) is 8.42. The monoisotopic (exact) mass is 350 g/mol. The van der Waals surface area contributed by atoms with E-state index in [-0.39, 0.29) is 5.41 Å². The van der Waals surface area contributed by atoms with E-state index in [9.17, 15) is 0 Å². The Hall–Kier alpha value is 0.280. The van der Waals surface area contributed by atoms with Gasteiger partial charge in [0, 0.05) is 21.6 Å². The number of rotatable bonds is 8. The van der Waals surface area contributed by atoms with E-state index < -0.39 is 0 Å². The minimum Gasteiger partial charge on any atom is -0.126 e. The molecule has 0 spiro atoms. The number of alkyl halides is 2. The highest BCUT2D eigenvalue weighted by molar-refractivity contribution is 9.10. The van der Waals surface area contributed by atoms with Crippen LogP contribution in [0.1, 0.15) is 44.6 Å². The molecule has 0 radical (unpaired) electrons. The van der Waals surface area contributed by atoms with Gasteiger partial charge in [-0.25, -0.2) is 0 Å². The third-order valence-electron chi connectivity index (χ3n) is 3.48. The summed E-state index contributed by atoms with van der Waals surface area (Å²) in [5.41, 5.74) is 1.18. The third-order valence-corrected chi connectivity index (χ3v) is 5.03. The first-order chi connectivity index (χ1) is 8.68. The second-order valence-corrected chi connectivity index (χ2v) is 6.32. The topological polar surface area (TPSA) is 0 Å². The zero-order valence-corrected chi connectivity index (χ0v) is 14.0. The molecule has 18 heavy (non-hydrogen) atoms. The van der Waals surface area contributed by atoms with Gasteiger partial charge >= 0.3 is 0 Å². The Labute approximate surface area is 129 Å². The van der Waals surface area contributed by atoms with Gasteiger partial charge in [0.25, 0.3) is 0 Å². The Morgan fingerprint density at radius 3 is 2.11 bits per heavy atom. The average Bonchev–Trinajstić information content (AvgIpc) is 2.41. The Morgan fingerprint density at radius 2 is 1.61 bits per heavy atom. The molecule has 0 heterocycles. The fraction of sp³-hybridized carbons (Fsp3) is 0.600. The van der Waals surface area contributed by atoms with Crippen molar-refractivity contribution < 1.29 is 0 Å². The standard InChI is InChI=1S/C15H21BrCl2/c1-2-3-4-5-10-15(11-17,12-18)13-6-8-14(16)9-7-13/h6-9H,2-5,10-12H2,1H3. The number of benzene rings is 1. The first-order valence-electron chi connectivity index (χ1n) is 6.56. The van der Waals surface area contributed by atoms with Crippen molar-refractivity contribution >= 4 is 39.1 Å². The van der Waals surface area contributed by atoms with Crippen molar-refractivity contribution in [2.45, 2.75) is 44.4 Å². The summed E-state index contributed by atoms with van der Waals surface area (Å²) < 4.78 is 1.09. The quantitative estimate of drug-likeness (QED) is 0.390. The van der Waals surface area contributed by atoms with Gasteiger partial charge in [-0.1, -0.05) is 60.7 Å². The molecular formula is C15H21BrCl2. The molecule has 0 aliphatic heterocycles. The molecule has 0 amide bonds. The molecule has 0 atom stereocenters. The highest BCUT2D eigenvalue weighted by atomic mass is 79.9. The zero-order chi connectivity index (χ0) is 13.4. The smallest absolute Gasteiger partial charge is 0.0332 e. The Bertz CT molecular complexity index is 331. The Balaban J connectivity index is 2.75. The van der Waals surface area contributed by atoms with Gasteiger partial charge in [0.15, 0.2) is 0 Å². The van der Waals surface area contributed by atoms with E-state index in [4.69, 9.17) is 23.2 Å². The van der Waals surface area contributed by atoms with Crippen LogP contribution in [-0.2, 0) is 5.41 Å². The zero-order valence-electron chi connectivity index (χ0n) is 10.9. The van der Waals surface area contributed by atoms with Gasteiger partial charge in [-0.2, -0.15) is 0 Å². The van der Waals surface area contributed by atoms with E-state index in [1.54, 1.807) is 0 Å². The minimum atomic E-state index is -0.0719. The summed E-state index contributed by atoms with van der Waals surface area (Å²) in [6, 6.07) is 8.40. The van der Waals surface area contributed by atoms with Crippen LogP contribution in [-0.4, -0.2) is 11.8 Å². The second-order valence-electron chi connectivity index (χ2n) is 4.87. The van der Waals surface area contributed by atoms with Gasteiger partial charge in [-0.05, 0) is 24.1 Å². The van der Waals surface area contributed by atoms with Crippen LogP contribution in [0.2, 0.25) is 0 Å². The highest BCUT2D eigenvalue weighted by Gasteiger charge is 2.29. The molecule has 0 N–H and O–H groups in total. The molecule has 0 unspecified atom stereocenters. The molecule has 0 nitrogen and oxygen atoms in total. The number of hydrogen-bond donors (Lipinski definition) is 0. The minimum absolute atomic E-state index is 0.0719. The van der Waals surface area contributed by atoms with Crippen LogP contribution in [0.3, 0.4) is 0 Å².